The van der Waals surface area contributed by atoms with Crippen LogP contribution in [-0.4, -0.2) is 24.2 Å². The number of rotatable bonds is 10. The third-order valence-electron chi connectivity index (χ3n) is 7.80. The molecule has 0 spiro atoms. The van der Waals surface area contributed by atoms with Gasteiger partial charge in [0.2, 0.25) is 5.13 Å². The van der Waals surface area contributed by atoms with Gasteiger partial charge < -0.3 is 9.64 Å². The number of benzene rings is 2. The summed E-state index contributed by atoms with van der Waals surface area (Å²) in [5, 5.41) is 19.4. The summed E-state index contributed by atoms with van der Waals surface area (Å²) in [4.78, 5) is 8.95. The molecule has 0 saturated heterocycles. The second-order valence-corrected chi connectivity index (χ2v) is 13.4. The molecule has 6 nitrogen and oxygen atoms in total. The smallest absolute Gasteiger partial charge is 0.231 e. The van der Waals surface area contributed by atoms with Crippen molar-refractivity contribution in [3.8, 4) is 11.8 Å². The number of hydrogen-bond donors (Lipinski definition) is 0. The minimum atomic E-state index is 0.136. The van der Waals surface area contributed by atoms with E-state index in [0.717, 1.165) is 50.9 Å². The van der Waals surface area contributed by atoms with E-state index in [4.69, 9.17) is 4.74 Å². The van der Waals surface area contributed by atoms with Crippen LogP contribution in [0.2, 0.25) is 0 Å². The van der Waals surface area contributed by atoms with Crippen LogP contribution in [-0.2, 0) is 0 Å². The summed E-state index contributed by atoms with van der Waals surface area (Å²) in [6.07, 6.45) is 7.74. The number of fused-ring (bicyclic) bond motifs is 2. The van der Waals surface area contributed by atoms with E-state index in [-0.39, 0.29) is 5.54 Å². The van der Waals surface area contributed by atoms with Gasteiger partial charge in [-0.15, -0.1) is 21.6 Å². The standard InChI is InChI=1S/C33H37N5OS2/c1-6-7-8-9-16-39-26-13-10-23(11-14-26)24(21-34)17-27-19-30-31(40-27)35-32(41-30)37-36-25-12-15-29-28(18-25)22(2)20-33(3,4)38(29)5/h10-15,17-19,22H,6-9,16,20H2,1-5H3/b24-17+,37-36?. The molecule has 1 aliphatic rings. The number of aromatic nitrogens is 1. The highest BCUT2D eigenvalue weighted by Gasteiger charge is 2.34. The molecule has 0 aliphatic carbocycles. The topological polar surface area (TPSA) is 73.9 Å². The third-order valence-corrected chi connectivity index (χ3v) is 9.80. The molecule has 1 unspecified atom stereocenters. The van der Waals surface area contributed by atoms with E-state index >= 15 is 0 Å². The van der Waals surface area contributed by atoms with Gasteiger partial charge in [-0.25, -0.2) is 4.98 Å². The first-order valence-electron chi connectivity index (χ1n) is 14.3. The Bertz CT molecular complexity index is 1580. The highest BCUT2D eigenvalue weighted by atomic mass is 32.1. The Hall–Kier alpha value is -3.54. The first kappa shape index (κ1) is 29.0. The minimum Gasteiger partial charge on any atom is -0.494 e. The number of allylic oxidation sites excluding steroid dienone is 1. The first-order chi connectivity index (χ1) is 19.8. The van der Waals surface area contributed by atoms with Crippen molar-refractivity contribution in [2.45, 2.75) is 71.3 Å². The van der Waals surface area contributed by atoms with Crippen molar-refractivity contribution in [1.82, 2.24) is 4.98 Å². The molecule has 5 rings (SSSR count). The van der Waals surface area contributed by atoms with Crippen LogP contribution in [0, 0.1) is 11.3 Å². The fraction of sp³-hybridized carbons (Fsp3) is 0.394. The van der Waals surface area contributed by atoms with Gasteiger partial charge in [-0.1, -0.05) is 44.4 Å². The fourth-order valence-corrected chi connectivity index (χ4v) is 7.34. The van der Waals surface area contributed by atoms with E-state index < -0.39 is 0 Å². The molecule has 8 heteroatoms. The molecular weight excluding hydrogens is 547 g/mol. The van der Waals surface area contributed by atoms with E-state index in [1.165, 1.54) is 41.9 Å². The van der Waals surface area contributed by atoms with E-state index in [9.17, 15) is 5.26 Å². The Morgan fingerprint density at radius 1 is 1.12 bits per heavy atom. The van der Waals surface area contributed by atoms with Gasteiger partial charge in [0.25, 0.3) is 0 Å². The molecule has 0 radical (unpaired) electrons. The number of azo groups is 1. The Balaban J connectivity index is 1.26. The number of unbranched alkanes of at least 4 members (excludes halogenated alkanes) is 3. The van der Waals surface area contributed by atoms with Gasteiger partial charge in [-0.05, 0) is 98.3 Å². The number of thiophene rings is 1. The monoisotopic (exact) mass is 583 g/mol. The number of anilines is 1. The Labute approximate surface area is 251 Å². The van der Waals surface area contributed by atoms with Gasteiger partial charge in [0, 0.05) is 23.2 Å². The van der Waals surface area contributed by atoms with Gasteiger partial charge in [-0.2, -0.15) is 5.26 Å². The predicted octanol–water partition coefficient (Wildman–Crippen LogP) is 10.5. The molecule has 212 valence electrons. The lowest BCUT2D eigenvalue weighted by Gasteiger charge is -2.45. The van der Waals surface area contributed by atoms with Crippen LogP contribution >= 0.6 is 22.7 Å². The number of thiazole rings is 1. The largest absolute Gasteiger partial charge is 0.494 e. The van der Waals surface area contributed by atoms with Gasteiger partial charge in [-0.3, -0.25) is 0 Å². The molecule has 1 atom stereocenters. The second kappa shape index (κ2) is 12.5. The summed E-state index contributed by atoms with van der Waals surface area (Å²) in [5.41, 5.74) is 5.05. The molecule has 0 fully saturated rings. The molecule has 0 saturated carbocycles. The average Bonchev–Trinajstić information content (AvgIpc) is 3.52. The van der Waals surface area contributed by atoms with Gasteiger partial charge in [0.1, 0.15) is 10.6 Å². The lowest BCUT2D eigenvalue weighted by Crippen LogP contribution is -2.45. The second-order valence-electron chi connectivity index (χ2n) is 11.3. The number of ether oxygens (including phenoxy) is 1. The minimum absolute atomic E-state index is 0.136. The lowest BCUT2D eigenvalue weighted by molar-refractivity contribution is 0.305. The summed E-state index contributed by atoms with van der Waals surface area (Å²) in [7, 11) is 2.17. The third kappa shape index (κ3) is 6.69. The van der Waals surface area contributed by atoms with Crippen LogP contribution in [0.25, 0.3) is 21.2 Å². The molecule has 0 amide bonds. The highest BCUT2D eigenvalue weighted by molar-refractivity contribution is 7.29. The van der Waals surface area contributed by atoms with Crippen molar-refractivity contribution in [2.75, 3.05) is 18.6 Å². The van der Waals surface area contributed by atoms with Crippen molar-refractivity contribution in [1.29, 1.82) is 5.26 Å². The Morgan fingerprint density at radius 2 is 1.93 bits per heavy atom. The first-order valence-corrected chi connectivity index (χ1v) is 16.0. The fourth-order valence-electron chi connectivity index (χ4n) is 5.35. The van der Waals surface area contributed by atoms with Crippen molar-refractivity contribution >= 4 is 60.4 Å². The van der Waals surface area contributed by atoms with Crippen LogP contribution < -0.4 is 9.64 Å². The van der Waals surface area contributed by atoms with Gasteiger partial charge >= 0.3 is 0 Å². The summed E-state index contributed by atoms with van der Waals surface area (Å²) in [5.74, 6) is 1.30. The van der Waals surface area contributed by atoms with E-state index in [1.54, 1.807) is 11.3 Å². The molecule has 0 N–H and O–H groups in total. The summed E-state index contributed by atoms with van der Waals surface area (Å²) in [6, 6.07) is 18.5. The van der Waals surface area contributed by atoms with Crippen LogP contribution in [0.3, 0.4) is 0 Å². The molecule has 4 aromatic rings. The molecular formula is C33H37N5OS2. The van der Waals surface area contributed by atoms with Crippen molar-refractivity contribution in [2.24, 2.45) is 10.2 Å². The maximum Gasteiger partial charge on any atom is 0.231 e. The summed E-state index contributed by atoms with van der Waals surface area (Å²) >= 11 is 3.07. The zero-order chi connectivity index (χ0) is 29.0. The molecule has 2 aromatic heterocycles. The number of nitriles is 1. The lowest BCUT2D eigenvalue weighted by atomic mass is 9.80. The summed E-state index contributed by atoms with van der Waals surface area (Å²) in [6.45, 7) is 9.80. The van der Waals surface area contributed by atoms with Crippen LogP contribution in [0.4, 0.5) is 16.5 Å². The van der Waals surface area contributed by atoms with Crippen molar-refractivity contribution in [3.05, 3.63) is 64.5 Å². The average molecular weight is 584 g/mol. The van der Waals surface area contributed by atoms with E-state index in [1.807, 2.05) is 36.4 Å². The van der Waals surface area contributed by atoms with Crippen LogP contribution in [0.15, 0.2) is 58.8 Å². The van der Waals surface area contributed by atoms with Gasteiger partial charge in [0.05, 0.1) is 28.6 Å². The highest BCUT2D eigenvalue weighted by Crippen LogP contribution is 2.44. The maximum atomic E-state index is 9.82. The van der Waals surface area contributed by atoms with Gasteiger partial charge in [0.15, 0.2) is 0 Å². The molecule has 0 bridgehead atoms. The molecule has 2 aromatic carbocycles. The Kier molecular flexibility index (Phi) is 8.86. The predicted molar refractivity (Wildman–Crippen MR) is 173 cm³/mol. The van der Waals surface area contributed by atoms with Crippen molar-refractivity contribution in [3.63, 3.8) is 0 Å². The summed E-state index contributed by atoms with van der Waals surface area (Å²) < 4.78 is 6.89. The van der Waals surface area contributed by atoms with Crippen LogP contribution in [0.5, 0.6) is 5.75 Å². The number of hydrogen-bond acceptors (Lipinski definition) is 8. The van der Waals surface area contributed by atoms with E-state index in [2.05, 4.69) is 79.1 Å². The Morgan fingerprint density at radius 3 is 2.66 bits per heavy atom. The quantitative estimate of drug-likeness (QED) is 0.106. The molecule has 41 heavy (non-hydrogen) atoms. The number of nitrogens with zero attached hydrogens (tertiary/aromatic N) is 5. The SMILES string of the molecule is CCCCCCOc1ccc(/C(C#N)=C/c2cc3sc(N=Nc4ccc5c(c4)C(C)CC(C)(C)N5C)nc3s2)cc1. The van der Waals surface area contributed by atoms with Crippen molar-refractivity contribution < 1.29 is 4.74 Å². The van der Waals surface area contributed by atoms with E-state index in [0.29, 0.717) is 16.6 Å². The van der Waals surface area contributed by atoms with Crippen LogP contribution in [0.1, 0.15) is 81.7 Å². The normalized spacial score (nSPS) is 16.7. The zero-order valence-electron chi connectivity index (χ0n) is 24.5. The molecule has 1 aliphatic heterocycles. The maximum absolute atomic E-state index is 9.82. The zero-order valence-corrected chi connectivity index (χ0v) is 26.1. The molecule has 3 heterocycles.